The molecular formula is C10H16N2OS. The van der Waals surface area contributed by atoms with Crippen molar-refractivity contribution < 1.29 is 4.21 Å². The molecule has 2 atom stereocenters. The van der Waals surface area contributed by atoms with Crippen LogP contribution in [0, 0.1) is 6.92 Å². The van der Waals surface area contributed by atoms with Crippen molar-refractivity contribution in [2.45, 2.75) is 19.9 Å². The van der Waals surface area contributed by atoms with Crippen LogP contribution in [0.3, 0.4) is 0 Å². The van der Waals surface area contributed by atoms with E-state index in [0.29, 0.717) is 5.75 Å². The second-order valence-electron chi connectivity index (χ2n) is 3.51. The lowest BCUT2D eigenvalue weighted by molar-refractivity contribution is 0.683. The zero-order valence-electron chi connectivity index (χ0n) is 8.78. The summed E-state index contributed by atoms with van der Waals surface area (Å²) >= 11 is 0. The third kappa shape index (κ3) is 3.87. The van der Waals surface area contributed by atoms with Gasteiger partial charge >= 0.3 is 0 Å². The van der Waals surface area contributed by atoms with Crippen molar-refractivity contribution in [1.82, 2.24) is 4.98 Å². The number of pyridine rings is 1. The van der Waals surface area contributed by atoms with E-state index in [4.69, 9.17) is 0 Å². The molecule has 1 rings (SSSR count). The highest BCUT2D eigenvalue weighted by Crippen LogP contribution is 2.05. The van der Waals surface area contributed by atoms with Gasteiger partial charge in [0.2, 0.25) is 0 Å². The van der Waals surface area contributed by atoms with Gasteiger partial charge in [-0.05, 0) is 25.5 Å². The molecular weight excluding hydrogens is 196 g/mol. The summed E-state index contributed by atoms with van der Waals surface area (Å²) in [6, 6.07) is 4.13. The lowest BCUT2D eigenvalue weighted by Gasteiger charge is -2.12. The highest BCUT2D eigenvalue weighted by molar-refractivity contribution is 7.84. The van der Waals surface area contributed by atoms with Crippen LogP contribution in [0.4, 0.5) is 5.82 Å². The van der Waals surface area contributed by atoms with Crippen LogP contribution in [0.2, 0.25) is 0 Å². The maximum atomic E-state index is 10.9. The topological polar surface area (TPSA) is 42.0 Å². The van der Waals surface area contributed by atoms with Crippen molar-refractivity contribution in [3.63, 3.8) is 0 Å². The summed E-state index contributed by atoms with van der Waals surface area (Å²) in [7, 11) is -0.764. The summed E-state index contributed by atoms with van der Waals surface area (Å²) in [6.07, 6.45) is 3.53. The van der Waals surface area contributed by atoms with Crippen LogP contribution < -0.4 is 5.32 Å². The van der Waals surface area contributed by atoms with E-state index in [9.17, 15) is 4.21 Å². The molecule has 1 aromatic heterocycles. The third-order valence-corrected chi connectivity index (χ3v) is 2.76. The minimum Gasteiger partial charge on any atom is -0.367 e. The van der Waals surface area contributed by atoms with Gasteiger partial charge < -0.3 is 5.32 Å². The fourth-order valence-electron chi connectivity index (χ4n) is 1.20. The second-order valence-corrected chi connectivity index (χ2v) is 4.99. The molecule has 0 spiro atoms. The van der Waals surface area contributed by atoms with E-state index in [0.717, 1.165) is 11.4 Å². The van der Waals surface area contributed by atoms with E-state index < -0.39 is 10.8 Å². The molecule has 0 saturated heterocycles. The Hall–Kier alpha value is -0.900. The number of nitrogens with one attached hydrogen (secondary N) is 1. The number of nitrogens with zero attached hydrogens (tertiary/aromatic N) is 1. The summed E-state index contributed by atoms with van der Waals surface area (Å²) in [4.78, 5) is 4.22. The molecule has 1 N–H and O–H groups in total. The van der Waals surface area contributed by atoms with Gasteiger partial charge in [0.15, 0.2) is 0 Å². The first-order valence-corrected chi connectivity index (χ1v) is 6.30. The van der Waals surface area contributed by atoms with Gasteiger partial charge in [-0.2, -0.15) is 0 Å². The standard InChI is InChI=1S/C10H16N2OS/c1-8-4-5-10(11-6-8)12-9(2)7-14(3)13/h4-6,9H,7H2,1-3H3,(H,11,12). The second kappa shape index (κ2) is 5.10. The molecule has 1 aromatic rings. The molecule has 0 radical (unpaired) electrons. The number of hydrogen-bond acceptors (Lipinski definition) is 3. The molecule has 0 aliphatic rings. The molecule has 0 bridgehead atoms. The molecule has 78 valence electrons. The molecule has 0 aliphatic carbocycles. The van der Waals surface area contributed by atoms with Crippen LogP contribution >= 0.6 is 0 Å². The van der Waals surface area contributed by atoms with Crippen molar-refractivity contribution in [2.75, 3.05) is 17.3 Å². The van der Waals surface area contributed by atoms with Crippen molar-refractivity contribution in [2.24, 2.45) is 0 Å². The predicted octanol–water partition coefficient (Wildman–Crippen LogP) is 1.57. The maximum absolute atomic E-state index is 10.9. The Morgan fingerprint density at radius 3 is 2.79 bits per heavy atom. The van der Waals surface area contributed by atoms with Gasteiger partial charge in [-0.3, -0.25) is 4.21 Å². The van der Waals surface area contributed by atoms with E-state index >= 15 is 0 Å². The molecule has 0 amide bonds. The maximum Gasteiger partial charge on any atom is 0.126 e. The molecule has 0 fully saturated rings. The van der Waals surface area contributed by atoms with Gasteiger partial charge in [0.05, 0.1) is 0 Å². The number of aryl methyl sites for hydroxylation is 1. The van der Waals surface area contributed by atoms with Gasteiger partial charge in [-0.15, -0.1) is 0 Å². The molecule has 4 heteroatoms. The first-order valence-electron chi connectivity index (χ1n) is 4.57. The van der Waals surface area contributed by atoms with Crippen LogP contribution in [0.15, 0.2) is 18.3 Å². The van der Waals surface area contributed by atoms with Crippen LogP contribution in [0.1, 0.15) is 12.5 Å². The van der Waals surface area contributed by atoms with Gasteiger partial charge in [0.25, 0.3) is 0 Å². The third-order valence-electron chi connectivity index (χ3n) is 1.79. The minimum absolute atomic E-state index is 0.191. The fraction of sp³-hybridized carbons (Fsp3) is 0.500. The van der Waals surface area contributed by atoms with Gasteiger partial charge in [-0.25, -0.2) is 4.98 Å². The Kier molecular flexibility index (Phi) is 4.07. The van der Waals surface area contributed by atoms with Crippen LogP contribution in [0.5, 0.6) is 0 Å². The first-order chi connectivity index (χ1) is 6.58. The SMILES string of the molecule is Cc1ccc(NC(C)CS(C)=O)nc1. The van der Waals surface area contributed by atoms with Gasteiger partial charge in [0.1, 0.15) is 5.82 Å². The van der Waals surface area contributed by atoms with Crippen LogP contribution in [0.25, 0.3) is 0 Å². The minimum atomic E-state index is -0.764. The predicted molar refractivity (Wildman–Crippen MR) is 61.0 cm³/mol. The molecule has 3 nitrogen and oxygen atoms in total. The normalized spacial score (nSPS) is 14.8. The highest BCUT2D eigenvalue weighted by atomic mass is 32.2. The Labute approximate surface area is 87.4 Å². The summed E-state index contributed by atoms with van der Waals surface area (Å²) < 4.78 is 10.9. The van der Waals surface area contributed by atoms with Crippen molar-refractivity contribution >= 4 is 16.6 Å². The smallest absolute Gasteiger partial charge is 0.126 e. The Morgan fingerprint density at radius 1 is 1.57 bits per heavy atom. The summed E-state index contributed by atoms with van der Waals surface area (Å²) in [5.74, 6) is 1.49. The van der Waals surface area contributed by atoms with Gasteiger partial charge in [0, 0.05) is 35.0 Å². The first kappa shape index (κ1) is 11.2. The summed E-state index contributed by atoms with van der Waals surface area (Å²) in [6.45, 7) is 4.00. The zero-order chi connectivity index (χ0) is 10.6. The molecule has 14 heavy (non-hydrogen) atoms. The average Bonchev–Trinajstić information content (AvgIpc) is 2.07. The zero-order valence-corrected chi connectivity index (χ0v) is 9.60. The molecule has 2 unspecified atom stereocenters. The number of rotatable bonds is 4. The highest BCUT2D eigenvalue weighted by Gasteiger charge is 2.04. The van der Waals surface area contributed by atoms with Crippen molar-refractivity contribution in [3.05, 3.63) is 23.9 Å². The fourth-order valence-corrected chi connectivity index (χ4v) is 1.99. The number of hydrogen-bond donors (Lipinski definition) is 1. The number of anilines is 1. The van der Waals surface area contributed by atoms with Gasteiger partial charge in [-0.1, -0.05) is 6.07 Å². The number of aromatic nitrogens is 1. The molecule has 0 aliphatic heterocycles. The van der Waals surface area contributed by atoms with Crippen LogP contribution in [-0.4, -0.2) is 27.2 Å². The summed E-state index contributed by atoms with van der Waals surface area (Å²) in [5.41, 5.74) is 1.14. The summed E-state index contributed by atoms with van der Waals surface area (Å²) in [5, 5.41) is 3.20. The monoisotopic (exact) mass is 212 g/mol. The largest absolute Gasteiger partial charge is 0.367 e. The van der Waals surface area contributed by atoms with Crippen molar-refractivity contribution in [3.8, 4) is 0 Å². The van der Waals surface area contributed by atoms with Crippen molar-refractivity contribution in [1.29, 1.82) is 0 Å². The van der Waals surface area contributed by atoms with E-state index in [-0.39, 0.29) is 6.04 Å². The van der Waals surface area contributed by atoms with Crippen LogP contribution in [-0.2, 0) is 10.8 Å². The average molecular weight is 212 g/mol. The van der Waals surface area contributed by atoms with E-state index in [1.165, 1.54) is 0 Å². The quantitative estimate of drug-likeness (QED) is 0.823. The van der Waals surface area contributed by atoms with E-state index in [1.54, 1.807) is 6.26 Å². The molecule has 1 heterocycles. The Balaban J connectivity index is 2.51. The molecule has 0 aromatic carbocycles. The Bertz CT molecular complexity index is 310. The Morgan fingerprint density at radius 2 is 2.29 bits per heavy atom. The van der Waals surface area contributed by atoms with E-state index in [1.807, 2.05) is 32.2 Å². The lowest BCUT2D eigenvalue weighted by Crippen LogP contribution is -2.22. The lowest BCUT2D eigenvalue weighted by atomic mass is 10.3. The van der Waals surface area contributed by atoms with E-state index in [2.05, 4.69) is 10.3 Å². The molecule has 0 saturated carbocycles.